The molecule has 0 N–H and O–H groups in total. The lowest BCUT2D eigenvalue weighted by molar-refractivity contribution is -0.148. The fourth-order valence-corrected chi connectivity index (χ4v) is 6.26. The first kappa shape index (κ1) is 34.1. The van der Waals surface area contributed by atoms with Crippen molar-refractivity contribution in [2.24, 2.45) is 5.92 Å². The number of likely N-dealkylation sites (tertiary alicyclic amines) is 1. The van der Waals surface area contributed by atoms with Gasteiger partial charge < -0.3 is 24.0 Å². The summed E-state index contributed by atoms with van der Waals surface area (Å²) in [6.45, 7) is 12.4. The minimum Gasteiger partial charge on any atom is -0.485 e. The van der Waals surface area contributed by atoms with E-state index in [1.165, 1.54) is 11.6 Å². The number of esters is 1. The Hall–Kier alpha value is -4.21. The second-order valence-corrected chi connectivity index (χ2v) is 13.4. The Bertz CT molecular complexity index is 1570. The number of ether oxygens (including phenoxy) is 3. The highest BCUT2D eigenvalue weighted by Gasteiger charge is 2.29. The molecule has 0 aliphatic carbocycles. The Morgan fingerprint density at radius 1 is 0.957 bits per heavy atom. The molecule has 8 nitrogen and oxygen atoms in total. The molecule has 3 aromatic rings. The number of halogens is 2. The average molecular weight is 650 g/mol. The molecule has 5 rings (SSSR count). The molecule has 0 spiro atoms. The minimum atomic E-state index is -0.798. The fraction of sp³-hybridized carbons (Fsp3) is 0.486. The van der Waals surface area contributed by atoms with E-state index in [9.17, 15) is 14.0 Å². The monoisotopic (exact) mass is 649 g/mol. The lowest BCUT2D eigenvalue weighted by atomic mass is 9.88. The van der Waals surface area contributed by atoms with Gasteiger partial charge in [-0.3, -0.25) is 4.79 Å². The number of hydrogen-bond acceptors (Lipinski definition) is 7. The van der Waals surface area contributed by atoms with Crippen LogP contribution in [0, 0.1) is 24.5 Å². The summed E-state index contributed by atoms with van der Waals surface area (Å²) in [7, 11) is 0. The van der Waals surface area contributed by atoms with E-state index in [0.29, 0.717) is 63.1 Å². The Kier molecular flexibility index (Phi) is 10.7. The van der Waals surface area contributed by atoms with E-state index in [1.54, 1.807) is 17.9 Å². The molecule has 0 radical (unpaired) electrons. The van der Waals surface area contributed by atoms with E-state index in [0.717, 1.165) is 30.0 Å². The van der Waals surface area contributed by atoms with Crippen molar-refractivity contribution in [2.45, 2.75) is 78.4 Å². The smallest absolute Gasteiger partial charge is 0.410 e. The van der Waals surface area contributed by atoms with E-state index in [4.69, 9.17) is 19.2 Å². The molecule has 0 bridgehead atoms. The maximum Gasteiger partial charge on any atom is 0.410 e. The third-order valence-electron chi connectivity index (χ3n) is 8.81. The van der Waals surface area contributed by atoms with Gasteiger partial charge in [0.15, 0.2) is 11.6 Å². The summed E-state index contributed by atoms with van der Waals surface area (Å²) < 4.78 is 46.5. The molecule has 10 heteroatoms. The number of hydrogen-bond donors (Lipinski definition) is 0. The number of carbonyl (C=O) groups excluding carboxylic acids is 2. The number of nitrogens with zero attached hydrogens (tertiary/aromatic N) is 3. The second kappa shape index (κ2) is 14.7. The predicted molar refractivity (Wildman–Crippen MR) is 176 cm³/mol. The first-order valence-electron chi connectivity index (χ1n) is 16.5. The molecule has 1 aromatic heterocycles. The minimum absolute atomic E-state index is 0.0601. The van der Waals surface area contributed by atoms with Gasteiger partial charge in [-0.2, -0.15) is 0 Å². The molecule has 2 fully saturated rings. The maximum atomic E-state index is 15.2. The van der Waals surface area contributed by atoms with Crippen LogP contribution in [0.1, 0.15) is 76.0 Å². The molecular formula is C37H45F2N3O5. The summed E-state index contributed by atoms with van der Waals surface area (Å²) in [5.41, 5.74) is 3.20. The number of benzene rings is 2. The second-order valence-electron chi connectivity index (χ2n) is 13.4. The molecule has 2 aliphatic heterocycles. The SMILES string of the molecule is CCOC(=O)C1CCN(c2cccc(-c3cc(F)cc(F)c3OCc3ccc(C4CCN(C(=O)OC(C)(C)C)CC4)cc3C)n2)CC1. The molecule has 2 saturated heterocycles. The van der Waals surface area contributed by atoms with Crippen molar-refractivity contribution < 1.29 is 32.6 Å². The van der Waals surface area contributed by atoms with Gasteiger partial charge in [0, 0.05) is 37.8 Å². The fourth-order valence-electron chi connectivity index (χ4n) is 6.26. The van der Waals surface area contributed by atoms with Gasteiger partial charge in [0.1, 0.15) is 23.8 Å². The van der Waals surface area contributed by atoms with Crippen molar-refractivity contribution >= 4 is 17.9 Å². The Morgan fingerprint density at radius 3 is 2.34 bits per heavy atom. The van der Waals surface area contributed by atoms with Gasteiger partial charge in [0.05, 0.1) is 18.2 Å². The molecule has 1 amide bonds. The highest BCUT2D eigenvalue weighted by molar-refractivity contribution is 5.73. The molecule has 252 valence electrons. The number of aromatic nitrogens is 1. The standard InChI is InChI=1S/C37H45F2N3O5/c1-6-45-35(43)26-14-16-41(17-15-26)33-9-7-8-32(40-33)30-21-29(38)22-31(39)34(30)46-23-28-11-10-27(20-24(28)2)25-12-18-42(19-13-25)36(44)47-37(3,4)5/h7-11,20-22,25-26H,6,12-19,23H2,1-5H3. The molecule has 0 saturated carbocycles. The number of anilines is 1. The highest BCUT2D eigenvalue weighted by Crippen LogP contribution is 2.36. The molecule has 2 aromatic carbocycles. The lowest BCUT2D eigenvalue weighted by Crippen LogP contribution is -2.41. The molecule has 0 unspecified atom stereocenters. The molecular weight excluding hydrogens is 604 g/mol. The topological polar surface area (TPSA) is 81.2 Å². The molecule has 3 heterocycles. The highest BCUT2D eigenvalue weighted by atomic mass is 19.1. The number of carbonyl (C=O) groups is 2. The van der Waals surface area contributed by atoms with E-state index in [-0.39, 0.29) is 35.9 Å². The van der Waals surface area contributed by atoms with Crippen LogP contribution in [-0.2, 0) is 20.9 Å². The van der Waals surface area contributed by atoms with E-state index < -0.39 is 17.2 Å². The predicted octanol–water partition coefficient (Wildman–Crippen LogP) is 7.81. The van der Waals surface area contributed by atoms with Gasteiger partial charge in [0.25, 0.3) is 0 Å². The lowest BCUT2D eigenvalue weighted by Gasteiger charge is -2.33. The zero-order chi connectivity index (χ0) is 33.7. The van der Waals surface area contributed by atoms with Gasteiger partial charge in [0.2, 0.25) is 0 Å². The number of pyridine rings is 1. The summed E-state index contributed by atoms with van der Waals surface area (Å²) in [4.78, 5) is 33.2. The number of rotatable bonds is 8. The van der Waals surface area contributed by atoms with Crippen LogP contribution in [-0.4, -0.2) is 60.3 Å². The van der Waals surface area contributed by atoms with Crippen molar-refractivity contribution in [3.05, 3.63) is 76.9 Å². The van der Waals surface area contributed by atoms with Crippen LogP contribution in [0.3, 0.4) is 0 Å². The first-order chi connectivity index (χ1) is 22.4. The summed E-state index contributed by atoms with van der Waals surface area (Å²) >= 11 is 0. The van der Waals surface area contributed by atoms with Gasteiger partial charge in [-0.1, -0.05) is 24.3 Å². The Labute approximate surface area is 276 Å². The van der Waals surface area contributed by atoms with Gasteiger partial charge >= 0.3 is 12.1 Å². The van der Waals surface area contributed by atoms with E-state index in [2.05, 4.69) is 17.0 Å². The van der Waals surface area contributed by atoms with Crippen LogP contribution in [0.2, 0.25) is 0 Å². The van der Waals surface area contributed by atoms with E-state index in [1.807, 2.05) is 45.9 Å². The number of aryl methyl sites for hydroxylation is 1. The molecule has 0 atom stereocenters. The van der Waals surface area contributed by atoms with Crippen LogP contribution in [0.5, 0.6) is 5.75 Å². The summed E-state index contributed by atoms with van der Waals surface area (Å²) in [6.07, 6.45) is 2.71. The third-order valence-corrected chi connectivity index (χ3v) is 8.81. The largest absolute Gasteiger partial charge is 0.485 e. The zero-order valence-corrected chi connectivity index (χ0v) is 28.0. The van der Waals surface area contributed by atoms with Gasteiger partial charge in [-0.05, 0) is 101 Å². The van der Waals surface area contributed by atoms with Gasteiger partial charge in [-0.25, -0.2) is 18.6 Å². The first-order valence-corrected chi connectivity index (χ1v) is 16.5. The van der Waals surface area contributed by atoms with Crippen LogP contribution < -0.4 is 9.64 Å². The summed E-state index contributed by atoms with van der Waals surface area (Å²) in [6, 6.07) is 13.6. The van der Waals surface area contributed by atoms with Crippen molar-refractivity contribution in [3.8, 4) is 17.0 Å². The van der Waals surface area contributed by atoms with Gasteiger partial charge in [-0.15, -0.1) is 0 Å². The van der Waals surface area contributed by atoms with Crippen molar-refractivity contribution in [1.82, 2.24) is 9.88 Å². The molecule has 47 heavy (non-hydrogen) atoms. The van der Waals surface area contributed by atoms with Crippen LogP contribution in [0.4, 0.5) is 19.4 Å². The Balaban J connectivity index is 1.25. The quantitative estimate of drug-likeness (QED) is 0.230. The van der Waals surface area contributed by atoms with Crippen LogP contribution >= 0.6 is 0 Å². The summed E-state index contributed by atoms with van der Waals surface area (Å²) in [5, 5.41) is 0. The van der Waals surface area contributed by atoms with Crippen LogP contribution in [0.25, 0.3) is 11.3 Å². The van der Waals surface area contributed by atoms with Crippen molar-refractivity contribution in [3.63, 3.8) is 0 Å². The van der Waals surface area contributed by atoms with Crippen LogP contribution in [0.15, 0.2) is 48.5 Å². The third kappa shape index (κ3) is 8.58. The van der Waals surface area contributed by atoms with E-state index >= 15 is 4.39 Å². The normalized spacial score (nSPS) is 16.2. The van der Waals surface area contributed by atoms with Crippen molar-refractivity contribution in [1.29, 1.82) is 0 Å². The summed E-state index contributed by atoms with van der Waals surface area (Å²) in [5.74, 6) is -0.895. The average Bonchev–Trinajstić information content (AvgIpc) is 3.04. The number of piperidine rings is 2. The zero-order valence-electron chi connectivity index (χ0n) is 28.0. The van der Waals surface area contributed by atoms with Crippen molar-refractivity contribution in [2.75, 3.05) is 37.7 Å². The Morgan fingerprint density at radius 2 is 1.68 bits per heavy atom. The number of amides is 1. The maximum absolute atomic E-state index is 15.2. The molecule has 2 aliphatic rings.